The summed E-state index contributed by atoms with van der Waals surface area (Å²) in [6.07, 6.45) is 0.241. The van der Waals surface area contributed by atoms with Gasteiger partial charge in [-0.2, -0.15) is 0 Å². The highest BCUT2D eigenvalue weighted by molar-refractivity contribution is 5.86. The first kappa shape index (κ1) is 15.3. The number of rotatable bonds is 4. The van der Waals surface area contributed by atoms with Crippen LogP contribution in [0, 0.1) is 5.92 Å². The number of carbonyl (C=O) groups excluding carboxylic acids is 2. The Morgan fingerprint density at radius 3 is 2.61 bits per heavy atom. The molecule has 23 heavy (non-hydrogen) atoms. The summed E-state index contributed by atoms with van der Waals surface area (Å²) < 4.78 is 4.74. The molecule has 1 aliphatic heterocycles. The lowest BCUT2D eigenvalue weighted by Crippen LogP contribution is -2.26. The third kappa shape index (κ3) is 3.42. The van der Waals surface area contributed by atoms with Crippen LogP contribution in [0.15, 0.2) is 54.6 Å². The second kappa shape index (κ2) is 6.65. The minimum absolute atomic E-state index is 0.00511. The Labute approximate surface area is 135 Å². The van der Waals surface area contributed by atoms with Gasteiger partial charge in [-0.1, -0.05) is 48.5 Å². The number of benzene rings is 2. The average Bonchev–Trinajstić information content (AvgIpc) is 2.96. The molecule has 0 bridgehead atoms. The Hall–Kier alpha value is -2.62. The summed E-state index contributed by atoms with van der Waals surface area (Å²) >= 11 is 0. The van der Waals surface area contributed by atoms with E-state index in [0.29, 0.717) is 13.1 Å². The number of hydrogen-bond acceptors (Lipinski definition) is 3. The van der Waals surface area contributed by atoms with Gasteiger partial charge in [0.2, 0.25) is 5.91 Å². The summed E-state index contributed by atoms with van der Waals surface area (Å²) in [5.41, 5.74) is 3.33. The van der Waals surface area contributed by atoms with Gasteiger partial charge in [0.1, 0.15) is 0 Å². The molecule has 1 atom stereocenters. The zero-order chi connectivity index (χ0) is 16.2. The Morgan fingerprint density at radius 1 is 1.13 bits per heavy atom. The molecule has 1 aliphatic rings. The van der Waals surface area contributed by atoms with Crippen molar-refractivity contribution in [2.45, 2.75) is 13.0 Å². The standard InChI is InChI=1S/C19H19NO3/c1-23-19(22)17-11-18(21)20(13-17)12-14-6-5-9-16(10-14)15-7-3-2-4-8-15/h2-10,17H,11-13H2,1H3. The van der Waals surface area contributed by atoms with E-state index >= 15 is 0 Å². The SMILES string of the molecule is COC(=O)C1CC(=O)N(Cc2cccc(-c3ccccc3)c2)C1. The van der Waals surface area contributed by atoms with Crippen molar-refractivity contribution in [3.63, 3.8) is 0 Å². The second-order valence-electron chi connectivity index (χ2n) is 5.76. The molecule has 2 aromatic carbocycles. The van der Waals surface area contributed by atoms with E-state index in [-0.39, 0.29) is 24.2 Å². The normalized spacial score (nSPS) is 17.3. The maximum absolute atomic E-state index is 12.1. The number of hydrogen-bond donors (Lipinski definition) is 0. The summed E-state index contributed by atoms with van der Waals surface area (Å²) in [5, 5.41) is 0. The number of likely N-dealkylation sites (tertiary alicyclic amines) is 1. The quantitative estimate of drug-likeness (QED) is 0.816. The maximum Gasteiger partial charge on any atom is 0.310 e. The molecule has 0 radical (unpaired) electrons. The Morgan fingerprint density at radius 2 is 1.87 bits per heavy atom. The van der Waals surface area contributed by atoms with Gasteiger partial charge in [-0.15, -0.1) is 0 Å². The highest BCUT2D eigenvalue weighted by atomic mass is 16.5. The van der Waals surface area contributed by atoms with E-state index in [2.05, 4.69) is 24.3 Å². The lowest BCUT2D eigenvalue weighted by molar-refractivity contribution is -0.145. The molecule has 1 amide bonds. The monoisotopic (exact) mass is 309 g/mol. The minimum atomic E-state index is -0.343. The molecule has 0 spiro atoms. The first-order chi connectivity index (χ1) is 11.2. The lowest BCUT2D eigenvalue weighted by atomic mass is 10.0. The van der Waals surface area contributed by atoms with Gasteiger partial charge < -0.3 is 9.64 Å². The fourth-order valence-electron chi connectivity index (χ4n) is 2.95. The van der Waals surface area contributed by atoms with E-state index in [4.69, 9.17) is 4.74 Å². The van der Waals surface area contributed by atoms with Crippen molar-refractivity contribution >= 4 is 11.9 Å². The molecule has 2 aromatic rings. The molecular formula is C19H19NO3. The molecule has 0 N–H and O–H groups in total. The zero-order valence-electron chi connectivity index (χ0n) is 13.1. The van der Waals surface area contributed by atoms with Crippen LogP contribution in [0.3, 0.4) is 0 Å². The summed E-state index contributed by atoms with van der Waals surface area (Å²) in [4.78, 5) is 25.4. The molecule has 118 valence electrons. The van der Waals surface area contributed by atoms with Gasteiger partial charge in [0.15, 0.2) is 0 Å². The topological polar surface area (TPSA) is 46.6 Å². The number of methoxy groups -OCH3 is 1. The fraction of sp³-hybridized carbons (Fsp3) is 0.263. The Kier molecular flexibility index (Phi) is 4.42. The zero-order valence-corrected chi connectivity index (χ0v) is 13.1. The van der Waals surface area contributed by atoms with Crippen molar-refractivity contribution in [3.8, 4) is 11.1 Å². The van der Waals surface area contributed by atoms with E-state index in [1.807, 2.05) is 30.3 Å². The molecule has 1 fully saturated rings. The van der Waals surface area contributed by atoms with Crippen LogP contribution >= 0.6 is 0 Å². The van der Waals surface area contributed by atoms with E-state index in [0.717, 1.165) is 16.7 Å². The summed E-state index contributed by atoms with van der Waals surface area (Å²) in [6, 6.07) is 18.3. The van der Waals surface area contributed by atoms with Gasteiger partial charge in [-0.05, 0) is 22.8 Å². The van der Waals surface area contributed by atoms with Crippen LogP contribution in [-0.4, -0.2) is 30.4 Å². The van der Waals surface area contributed by atoms with Crippen molar-refractivity contribution in [2.24, 2.45) is 5.92 Å². The van der Waals surface area contributed by atoms with Crippen molar-refractivity contribution < 1.29 is 14.3 Å². The van der Waals surface area contributed by atoms with E-state index in [1.165, 1.54) is 7.11 Å². The van der Waals surface area contributed by atoms with Crippen LogP contribution in [-0.2, 0) is 20.9 Å². The molecule has 4 heteroatoms. The largest absolute Gasteiger partial charge is 0.469 e. The number of ether oxygens (including phenoxy) is 1. The van der Waals surface area contributed by atoms with Crippen LogP contribution in [0.5, 0.6) is 0 Å². The van der Waals surface area contributed by atoms with Crippen molar-refractivity contribution in [3.05, 3.63) is 60.2 Å². The molecule has 1 unspecified atom stereocenters. The number of amides is 1. The van der Waals surface area contributed by atoms with E-state index in [9.17, 15) is 9.59 Å². The molecule has 4 nitrogen and oxygen atoms in total. The number of nitrogens with zero attached hydrogens (tertiary/aromatic N) is 1. The van der Waals surface area contributed by atoms with Crippen LogP contribution in [0.25, 0.3) is 11.1 Å². The smallest absolute Gasteiger partial charge is 0.310 e. The van der Waals surface area contributed by atoms with Crippen molar-refractivity contribution in [1.29, 1.82) is 0 Å². The first-order valence-corrected chi connectivity index (χ1v) is 7.67. The summed E-state index contributed by atoms with van der Waals surface area (Å²) in [6.45, 7) is 0.952. The number of esters is 1. The van der Waals surface area contributed by atoms with Crippen LogP contribution in [0.2, 0.25) is 0 Å². The Bertz CT molecular complexity index is 712. The number of carbonyl (C=O) groups is 2. The van der Waals surface area contributed by atoms with Crippen LogP contribution in [0.1, 0.15) is 12.0 Å². The van der Waals surface area contributed by atoms with Crippen molar-refractivity contribution in [2.75, 3.05) is 13.7 Å². The average molecular weight is 309 g/mol. The van der Waals surface area contributed by atoms with Gasteiger partial charge in [0.25, 0.3) is 0 Å². The second-order valence-corrected chi connectivity index (χ2v) is 5.76. The first-order valence-electron chi connectivity index (χ1n) is 7.67. The molecule has 0 saturated carbocycles. The van der Waals surface area contributed by atoms with Gasteiger partial charge in [0, 0.05) is 19.5 Å². The van der Waals surface area contributed by atoms with Gasteiger partial charge in [0.05, 0.1) is 13.0 Å². The van der Waals surface area contributed by atoms with E-state index in [1.54, 1.807) is 4.90 Å². The third-order valence-electron chi connectivity index (χ3n) is 4.16. The maximum atomic E-state index is 12.1. The van der Waals surface area contributed by atoms with Crippen LogP contribution in [0.4, 0.5) is 0 Å². The molecular weight excluding hydrogens is 290 g/mol. The van der Waals surface area contributed by atoms with Gasteiger partial charge in [-0.25, -0.2) is 0 Å². The molecule has 0 aliphatic carbocycles. The highest BCUT2D eigenvalue weighted by Crippen LogP contribution is 2.24. The fourth-order valence-corrected chi connectivity index (χ4v) is 2.95. The minimum Gasteiger partial charge on any atom is -0.469 e. The Balaban J connectivity index is 1.74. The van der Waals surface area contributed by atoms with E-state index < -0.39 is 0 Å². The highest BCUT2D eigenvalue weighted by Gasteiger charge is 2.34. The third-order valence-corrected chi connectivity index (χ3v) is 4.16. The van der Waals surface area contributed by atoms with Crippen LogP contribution < -0.4 is 0 Å². The molecule has 3 rings (SSSR count). The van der Waals surface area contributed by atoms with Gasteiger partial charge >= 0.3 is 5.97 Å². The lowest BCUT2D eigenvalue weighted by Gasteiger charge is -2.17. The molecule has 1 heterocycles. The summed E-state index contributed by atoms with van der Waals surface area (Å²) in [5.74, 6) is -0.644. The molecule has 1 saturated heterocycles. The predicted molar refractivity (Wildman–Crippen MR) is 87.4 cm³/mol. The van der Waals surface area contributed by atoms with Crippen molar-refractivity contribution in [1.82, 2.24) is 4.90 Å². The van der Waals surface area contributed by atoms with Gasteiger partial charge in [-0.3, -0.25) is 9.59 Å². The molecule has 0 aromatic heterocycles. The summed E-state index contributed by atoms with van der Waals surface area (Å²) in [7, 11) is 1.36. The predicted octanol–water partition coefficient (Wildman–Crippen LogP) is 2.88.